The van der Waals surface area contributed by atoms with Gasteiger partial charge in [-0.25, -0.2) is 9.18 Å². The number of carbonyl (C=O) groups excluding carboxylic acids is 4. The van der Waals surface area contributed by atoms with Crippen molar-refractivity contribution in [3.8, 4) is 0 Å². The first-order valence-corrected chi connectivity index (χ1v) is 14.1. The molecule has 0 radical (unpaired) electrons. The fraction of sp³-hybridized carbons (Fsp3) is 0.483. The number of anilines is 1. The zero-order chi connectivity index (χ0) is 30.9. The number of carboxylic acid groups (broad SMARTS) is 2. The monoisotopic (exact) mass is 642 g/mol. The summed E-state index contributed by atoms with van der Waals surface area (Å²) < 4.78 is 22.3. The number of rotatable bonds is 8. The summed E-state index contributed by atoms with van der Waals surface area (Å²) in [5.74, 6) is -5.67. The molecule has 5 atom stereocenters. The second kappa shape index (κ2) is 13.3. The topological polar surface area (TPSA) is 184 Å². The Balaban J connectivity index is 0.00000230. The fourth-order valence-electron chi connectivity index (χ4n) is 6.67. The number of benzene rings is 1. The van der Waals surface area contributed by atoms with Gasteiger partial charge in [0.1, 0.15) is 12.4 Å². The molecule has 3 aliphatic heterocycles. The van der Waals surface area contributed by atoms with E-state index < -0.39 is 77.4 Å². The molecule has 2 unspecified atom stereocenters. The van der Waals surface area contributed by atoms with Gasteiger partial charge in [-0.05, 0) is 43.9 Å². The number of nitrogens with one attached hydrogen (secondary N) is 1. The van der Waals surface area contributed by atoms with Gasteiger partial charge in [0.25, 0.3) is 0 Å². The van der Waals surface area contributed by atoms with E-state index in [0.717, 1.165) is 23.8 Å². The van der Waals surface area contributed by atoms with Crippen LogP contribution in [0.2, 0.25) is 0 Å². The van der Waals surface area contributed by atoms with Crippen LogP contribution in [0, 0.1) is 17.7 Å². The first-order chi connectivity index (χ1) is 20.4. The first kappa shape index (κ1) is 35.4. The van der Waals surface area contributed by atoms with Crippen LogP contribution in [0.15, 0.2) is 34.4 Å². The Labute approximate surface area is 300 Å². The quantitative estimate of drug-likeness (QED) is 0.207. The molecule has 2 N–H and O–H groups in total. The van der Waals surface area contributed by atoms with Gasteiger partial charge in [0.2, 0.25) is 5.91 Å². The van der Waals surface area contributed by atoms with Crippen LogP contribution in [0.25, 0.3) is 10.9 Å². The zero-order valence-corrected chi connectivity index (χ0v) is 29.4. The summed E-state index contributed by atoms with van der Waals surface area (Å²) in [5.41, 5.74) is -0.859. The van der Waals surface area contributed by atoms with Gasteiger partial charge in [-0.1, -0.05) is 6.92 Å². The number of β-lactam (4-membered cyclic amide) rings is 1. The van der Waals surface area contributed by atoms with Crippen LogP contribution in [0.3, 0.4) is 0 Å². The van der Waals surface area contributed by atoms with E-state index in [1.54, 1.807) is 16.4 Å². The number of hydrogen-bond donors (Lipinski definition) is 2. The van der Waals surface area contributed by atoms with E-state index in [1.165, 1.54) is 19.2 Å². The number of amides is 2. The Kier molecular flexibility index (Phi) is 10.5. The van der Waals surface area contributed by atoms with Gasteiger partial charge in [0.05, 0.1) is 58.5 Å². The summed E-state index contributed by atoms with van der Waals surface area (Å²) in [6, 6.07) is 1.55. The number of carboxylic acids is 2. The molecule has 2 amide bonds. The number of carbonyl (C=O) groups is 4. The molecule has 2 saturated heterocycles. The number of hydrogen-bond acceptors (Lipinski definition) is 10. The molecular formula is C29H29FN4Na2O9. The number of aliphatic hydroxyl groups excluding tert-OH is 1. The first-order valence-electron chi connectivity index (χ1n) is 14.1. The van der Waals surface area contributed by atoms with E-state index in [1.807, 2.05) is 0 Å². The maximum absolute atomic E-state index is 15.3. The molecule has 2 aromatic rings. The molecule has 13 nitrogen and oxygen atoms in total. The molecule has 0 bridgehead atoms. The Bertz CT molecular complexity index is 1670. The maximum Gasteiger partial charge on any atom is 1.00 e. The fourth-order valence-corrected chi connectivity index (χ4v) is 6.67. The maximum atomic E-state index is 15.3. The summed E-state index contributed by atoms with van der Waals surface area (Å²) in [6.45, 7) is 3.34. The summed E-state index contributed by atoms with van der Waals surface area (Å²) in [5, 5.41) is 35.9. The summed E-state index contributed by atoms with van der Waals surface area (Å²) in [6.07, 6.45) is 1.49. The predicted molar refractivity (Wildman–Crippen MR) is 143 cm³/mol. The second-order valence-electron chi connectivity index (χ2n) is 11.7. The number of nitrogens with zero attached hydrogens (tertiary/aromatic N) is 3. The number of aromatic carboxylic acids is 1. The van der Waals surface area contributed by atoms with E-state index in [0.29, 0.717) is 18.5 Å². The average Bonchev–Trinajstić information content (AvgIpc) is 3.62. The van der Waals surface area contributed by atoms with Crippen molar-refractivity contribution < 1.29 is 103 Å². The van der Waals surface area contributed by atoms with Crippen LogP contribution in [-0.4, -0.2) is 76.4 Å². The minimum Gasteiger partial charge on any atom is -0.545 e. The number of ether oxygens (including phenoxy) is 1. The van der Waals surface area contributed by atoms with Gasteiger partial charge >= 0.3 is 65.2 Å². The number of alkyl carbamates (subject to hydrolysis) is 1. The van der Waals surface area contributed by atoms with E-state index in [4.69, 9.17) is 4.74 Å². The Hall–Kier alpha value is -2.46. The second-order valence-corrected chi connectivity index (χ2v) is 11.7. The molecule has 16 heteroatoms. The molecule has 4 aliphatic rings. The number of pyridine rings is 1. The van der Waals surface area contributed by atoms with Gasteiger partial charge in [0.15, 0.2) is 5.43 Å². The number of halogens is 1. The van der Waals surface area contributed by atoms with E-state index in [9.17, 15) is 39.3 Å². The summed E-state index contributed by atoms with van der Waals surface area (Å²) in [4.78, 5) is 64.0. The smallest absolute Gasteiger partial charge is 0.545 e. The third-order valence-corrected chi connectivity index (χ3v) is 8.98. The van der Waals surface area contributed by atoms with Crippen molar-refractivity contribution in [3.63, 3.8) is 0 Å². The Morgan fingerprint density at radius 1 is 1.13 bits per heavy atom. The zero-order valence-electron chi connectivity index (χ0n) is 25.4. The molecule has 4 heterocycles. The van der Waals surface area contributed by atoms with Crippen LogP contribution in [0.1, 0.15) is 49.5 Å². The van der Waals surface area contributed by atoms with Crippen LogP contribution in [0.5, 0.6) is 0 Å². The normalized spacial score (nSPS) is 24.4. The Morgan fingerprint density at radius 2 is 1.82 bits per heavy atom. The van der Waals surface area contributed by atoms with Crippen molar-refractivity contribution in [1.82, 2.24) is 14.8 Å². The SMILES string of the molecule is CC1C(COC(=O)NC2CCN(c3cc4c(cc3F)c(=O)c(C(=O)[O-])cn4C3CC3)C2)=C(C(=O)[O-])N2C(=O)[C@H]([C@H](C)O)[C@H]12.[Na+].[Na+]. The van der Waals surface area contributed by atoms with Crippen LogP contribution in [0.4, 0.5) is 14.9 Å². The van der Waals surface area contributed by atoms with Crippen molar-refractivity contribution in [2.75, 3.05) is 24.6 Å². The number of aliphatic carboxylic acids is 1. The van der Waals surface area contributed by atoms with Crippen LogP contribution < -0.4 is 85.0 Å². The van der Waals surface area contributed by atoms with E-state index in [2.05, 4.69) is 5.32 Å². The van der Waals surface area contributed by atoms with Crippen molar-refractivity contribution in [2.24, 2.45) is 11.8 Å². The molecule has 1 aliphatic carbocycles. The van der Waals surface area contributed by atoms with Crippen LogP contribution >= 0.6 is 0 Å². The predicted octanol–water partition coefficient (Wildman–Crippen LogP) is -6.99. The molecule has 1 aromatic carbocycles. The Morgan fingerprint density at radius 3 is 2.42 bits per heavy atom. The van der Waals surface area contributed by atoms with Gasteiger partial charge < -0.3 is 49.3 Å². The minimum absolute atomic E-state index is 0. The van der Waals surface area contributed by atoms with Crippen LogP contribution in [-0.2, 0) is 14.3 Å². The molecule has 45 heavy (non-hydrogen) atoms. The summed E-state index contributed by atoms with van der Waals surface area (Å²) >= 11 is 0. The third kappa shape index (κ3) is 6.18. The van der Waals surface area contributed by atoms with Crippen molar-refractivity contribution in [2.45, 2.75) is 57.3 Å². The van der Waals surface area contributed by atoms with Gasteiger partial charge in [0, 0.05) is 36.6 Å². The number of aliphatic hydroxyl groups is 1. The molecule has 1 aromatic heterocycles. The molecule has 3 fully saturated rings. The standard InChI is InChI=1S/C29H31FN4O9.2Na/c1-12-18(24(28(40)41)34-23(12)22(13(2)35)26(34)37)11-43-29(42)31-14-5-6-32(9-14)21-8-20-16(7-19(21)30)25(36)17(27(38)39)10-33(20)15-3-4-15;;/h7-8,10,12-15,22-23,35H,3-6,9,11H2,1-2H3,(H,31,42)(H,38,39)(H,40,41);;/q;2*+1/p-2/t12?,13-,14?,22+,23-;;/m0../s1. The molecular weight excluding hydrogens is 613 g/mol. The van der Waals surface area contributed by atoms with Crippen molar-refractivity contribution >= 4 is 40.5 Å². The average molecular weight is 643 g/mol. The van der Waals surface area contributed by atoms with Gasteiger partial charge in [-0.2, -0.15) is 0 Å². The number of fused-ring (bicyclic) bond motifs is 2. The molecule has 6 rings (SSSR count). The van der Waals surface area contributed by atoms with Crippen molar-refractivity contribution in [1.29, 1.82) is 0 Å². The molecule has 0 spiro atoms. The van der Waals surface area contributed by atoms with E-state index in [-0.39, 0.29) is 94.0 Å². The number of aromatic nitrogens is 1. The third-order valence-electron chi connectivity index (χ3n) is 8.98. The molecule has 228 valence electrons. The molecule has 1 saturated carbocycles. The van der Waals surface area contributed by atoms with Gasteiger partial charge in [-0.3, -0.25) is 9.59 Å². The van der Waals surface area contributed by atoms with Crippen molar-refractivity contribution in [3.05, 3.63) is 51.2 Å². The van der Waals surface area contributed by atoms with E-state index >= 15 is 4.39 Å². The largest absolute Gasteiger partial charge is 1.00 e. The van der Waals surface area contributed by atoms with Gasteiger partial charge in [-0.15, -0.1) is 0 Å². The minimum atomic E-state index is -1.62. The summed E-state index contributed by atoms with van der Waals surface area (Å²) in [7, 11) is 0.